The number of ether oxygens (including phenoxy) is 1. The van der Waals surface area contributed by atoms with Gasteiger partial charge in [0.15, 0.2) is 0 Å². The van der Waals surface area contributed by atoms with Crippen LogP contribution < -0.4 is 5.32 Å². The van der Waals surface area contributed by atoms with Gasteiger partial charge in [-0.3, -0.25) is 19.7 Å². The van der Waals surface area contributed by atoms with Gasteiger partial charge in [0.25, 0.3) is 5.69 Å². The van der Waals surface area contributed by atoms with E-state index in [1.807, 2.05) is 6.92 Å². The van der Waals surface area contributed by atoms with Crippen LogP contribution in [0, 0.1) is 22.0 Å². The van der Waals surface area contributed by atoms with Crippen LogP contribution in [0.15, 0.2) is 40.0 Å². The predicted molar refractivity (Wildman–Crippen MR) is 120 cm³/mol. The van der Waals surface area contributed by atoms with Crippen molar-refractivity contribution in [3.8, 4) is 0 Å². The van der Waals surface area contributed by atoms with Crippen molar-refractivity contribution in [3.05, 3.63) is 61.0 Å². The van der Waals surface area contributed by atoms with Crippen molar-refractivity contribution in [1.82, 2.24) is 10.2 Å². The Morgan fingerprint density at radius 3 is 2.71 bits per heavy atom. The number of benzene rings is 1. The standard InChI is InChI=1S/C20H22N6O7S/c1-11-16-14(6-7-27)19(29)25(16)17(18(11)34-10-22-15(28)8-23-24-21)20(30)33-9-12-2-4-13(5-3-12)26(31)32/h2-5,11,14,16,27H,6-10H2,1H3,(H,22,28)/t11-,14+,16-/m1/s1. The molecule has 2 heterocycles. The van der Waals surface area contributed by atoms with Crippen LogP contribution in [0.25, 0.3) is 10.4 Å². The Labute approximate surface area is 197 Å². The summed E-state index contributed by atoms with van der Waals surface area (Å²) in [6, 6.07) is 5.24. The number of amides is 2. The molecule has 14 heteroatoms. The molecule has 180 valence electrons. The van der Waals surface area contributed by atoms with Gasteiger partial charge in [0, 0.05) is 34.5 Å². The molecule has 0 aliphatic carbocycles. The van der Waals surface area contributed by atoms with Gasteiger partial charge in [-0.2, -0.15) is 0 Å². The second-order valence-corrected chi connectivity index (χ2v) is 8.61. The molecule has 1 aromatic carbocycles. The summed E-state index contributed by atoms with van der Waals surface area (Å²) in [4.78, 5) is 52.1. The average molecular weight is 490 g/mol. The van der Waals surface area contributed by atoms with Crippen LogP contribution in [-0.4, -0.2) is 57.8 Å². The van der Waals surface area contributed by atoms with E-state index in [1.54, 1.807) is 0 Å². The van der Waals surface area contributed by atoms with E-state index in [0.717, 1.165) is 0 Å². The van der Waals surface area contributed by atoms with E-state index in [9.17, 15) is 29.6 Å². The SMILES string of the molecule is C[C@H]1C(SCNC(=O)CN=[N+]=[N-])=C(C(=O)OCc2ccc([N+](=O)[O-])cc2)N2C(=O)[C@@H](CCO)[C@@H]12. The first-order valence-electron chi connectivity index (χ1n) is 10.3. The molecule has 0 unspecified atom stereocenters. The Balaban J connectivity index is 1.74. The molecule has 2 N–H and O–H groups in total. The summed E-state index contributed by atoms with van der Waals surface area (Å²) in [7, 11) is 0. The van der Waals surface area contributed by atoms with Gasteiger partial charge in [-0.05, 0) is 29.6 Å². The number of aliphatic hydroxyl groups excluding tert-OH is 1. The van der Waals surface area contributed by atoms with E-state index in [1.165, 1.54) is 40.9 Å². The maximum absolute atomic E-state index is 13.0. The van der Waals surface area contributed by atoms with E-state index in [2.05, 4.69) is 15.3 Å². The zero-order chi connectivity index (χ0) is 24.8. The Hall–Kier alpha value is -3.61. The summed E-state index contributed by atoms with van der Waals surface area (Å²) < 4.78 is 5.40. The van der Waals surface area contributed by atoms with E-state index in [-0.39, 0.29) is 61.3 Å². The third-order valence-corrected chi connectivity index (χ3v) is 6.76. The van der Waals surface area contributed by atoms with Crippen LogP contribution in [0.3, 0.4) is 0 Å². The van der Waals surface area contributed by atoms with Crippen molar-refractivity contribution >= 4 is 35.2 Å². The number of thioether (sulfide) groups is 1. The number of hydrogen-bond donors (Lipinski definition) is 2. The fraction of sp³-hybridized carbons (Fsp3) is 0.450. The number of nitro benzene ring substituents is 1. The molecule has 0 radical (unpaired) electrons. The molecular weight excluding hydrogens is 468 g/mol. The molecule has 3 rings (SSSR count). The van der Waals surface area contributed by atoms with Crippen molar-refractivity contribution in [2.45, 2.75) is 26.0 Å². The number of carbonyl (C=O) groups is 3. The largest absolute Gasteiger partial charge is 0.456 e. The second-order valence-electron chi connectivity index (χ2n) is 7.60. The number of nitro groups is 1. The van der Waals surface area contributed by atoms with E-state index in [0.29, 0.717) is 10.5 Å². The summed E-state index contributed by atoms with van der Waals surface area (Å²) in [5.74, 6) is -2.07. The number of β-lactam (4-membered cyclic amide) rings is 1. The molecule has 0 spiro atoms. The maximum atomic E-state index is 13.0. The van der Waals surface area contributed by atoms with Gasteiger partial charge in [0.05, 0.1) is 22.8 Å². The zero-order valence-electron chi connectivity index (χ0n) is 18.1. The number of esters is 1. The number of non-ortho nitro benzene ring substituents is 1. The minimum atomic E-state index is -0.730. The Morgan fingerprint density at radius 2 is 2.09 bits per heavy atom. The molecule has 0 bridgehead atoms. The molecule has 2 aliphatic heterocycles. The van der Waals surface area contributed by atoms with Crippen molar-refractivity contribution in [2.75, 3.05) is 19.0 Å². The Morgan fingerprint density at radius 1 is 1.38 bits per heavy atom. The Kier molecular flexibility index (Phi) is 8.10. The first-order chi connectivity index (χ1) is 16.3. The highest BCUT2D eigenvalue weighted by Crippen LogP contribution is 2.50. The lowest BCUT2D eigenvalue weighted by Gasteiger charge is -2.45. The van der Waals surface area contributed by atoms with Crippen LogP contribution in [-0.2, 0) is 25.7 Å². The number of carbonyl (C=O) groups excluding carboxylic acids is 3. The molecule has 2 amide bonds. The van der Waals surface area contributed by atoms with Gasteiger partial charge in [0.1, 0.15) is 18.8 Å². The molecule has 13 nitrogen and oxygen atoms in total. The van der Waals surface area contributed by atoms with E-state index >= 15 is 0 Å². The molecule has 1 saturated heterocycles. The van der Waals surface area contributed by atoms with Gasteiger partial charge in [-0.15, -0.1) is 11.8 Å². The first-order valence-corrected chi connectivity index (χ1v) is 11.3. The van der Waals surface area contributed by atoms with Crippen molar-refractivity contribution in [3.63, 3.8) is 0 Å². The van der Waals surface area contributed by atoms with Gasteiger partial charge in [0.2, 0.25) is 11.8 Å². The molecule has 1 aromatic rings. The quantitative estimate of drug-likeness (QED) is 0.0686. The molecule has 0 aromatic heterocycles. The lowest BCUT2D eigenvalue weighted by Crippen LogP contribution is -2.60. The minimum absolute atomic E-state index is 0.0814. The van der Waals surface area contributed by atoms with Gasteiger partial charge >= 0.3 is 5.97 Å². The number of fused-ring (bicyclic) bond motifs is 1. The molecule has 2 aliphatic rings. The third-order valence-electron chi connectivity index (χ3n) is 5.59. The summed E-state index contributed by atoms with van der Waals surface area (Å²) in [5, 5.41) is 25.8. The monoisotopic (exact) mass is 490 g/mol. The second kappa shape index (κ2) is 11.0. The molecule has 3 atom stereocenters. The fourth-order valence-corrected chi connectivity index (χ4v) is 5.11. The third kappa shape index (κ3) is 5.14. The summed E-state index contributed by atoms with van der Waals surface area (Å²) in [5.41, 5.74) is 8.84. The zero-order valence-corrected chi connectivity index (χ0v) is 18.9. The van der Waals surface area contributed by atoms with Crippen LogP contribution in [0.2, 0.25) is 0 Å². The average Bonchev–Trinajstić information content (AvgIpc) is 3.08. The predicted octanol–water partition coefficient (Wildman–Crippen LogP) is 1.83. The number of azide groups is 1. The lowest BCUT2D eigenvalue weighted by molar-refractivity contribution is -0.384. The number of nitrogens with one attached hydrogen (secondary N) is 1. The number of hydrogen-bond acceptors (Lipinski definition) is 9. The molecular formula is C20H22N6O7S. The molecule has 1 fully saturated rings. The highest BCUT2D eigenvalue weighted by atomic mass is 32.2. The number of aliphatic hydroxyl groups is 1. The summed E-state index contributed by atoms with van der Waals surface area (Å²) in [6.45, 7) is 1.18. The van der Waals surface area contributed by atoms with Crippen molar-refractivity contribution in [1.29, 1.82) is 0 Å². The maximum Gasteiger partial charge on any atom is 0.356 e. The topological polar surface area (TPSA) is 188 Å². The van der Waals surface area contributed by atoms with Crippen LogP contribution in [0.1, 0.15) is 18.9 Å². The van der Waals surface area contributed by atoms with Crippen LogP contribution in [0.4, 0.5) is 5.69 Å². The van der Waals surface area contributed by atoms with Crippen LogP contribution >= 0.6 is 11.8 Å². The molecule has 34 heavy (non-hydrogen) atoms. The number of rotatable bonds is 11. The van der Waals surface area contributed by atoms with E-state index in [4.69, 9.17) is 10.3 Å². The fourth-order valence-electron chi connectivity index (χ4n) is 4.00. The lowest BCUT2D eigenvalue weighted by atomic mass is 9.80. The summed E-state index contributed by atoms with van der Waals surface area (Å²) >= 11 is 1.17. The smallest absolute Gasteiger partial charge is 0.356 e. The van der Waals surface area contributed by atoms with Gasteiger partial charge in [-0.1, -0.05) is 12.0 Å². The van der Waals surface area contributed by atoms with Crippen molar-refractivity contribution in [2.24, 2.45) is 17.0 Å². The van der Waals surface area contributed by atoms with Crippen molar-refractivity contribution < 1.29 is 29.2 Å². The normalized spacial score (nSPS) is 20.8. The Bertz CT molecular complexity index is 1070. The first kappa shape index (κ1) is 25.0. The van der Waals surface area contributed by atoms with E-state index < -0.39 is 22.7 Å². The highest BCUT2D eigenvalue weighted by Gasteiger charge is 2.58. The van der Waals surface area contributed by atoms with Gasteiger partial charge in [-0.25, -0.2) is 4.79 Å². The van der Waals surface area contributed by atoms with Crippen LogP contribution in [0.5, 0.6) is 0 Å². The highest BCUT2D eigenvalue weighted by molar-refractivity contribution is 8.03. The minimum Gasteiger partial charge on any atom is -0.456 e. The van der Waals surface area contributed by atoms with Gasteiger partial charge < -0.3 is 20.1 Å². The molecule has 0 saturated carbocycles. The summed E-state index contributed by atoms with van der Waals surface area (Å²) in [6.07, 6.45) is 0.274. The number of nitrogens with zero attached hydrogens (tertiary/aromatic N) is 5.